The molecule has 0 saturated carbocycles. The monoisotopic (exact) mass is 232 g/mol. The highest BCUT2D eigenvalue weighted by atomic mass is 16.2. The van der Waals surface area contributed by atoms with E-state index in [-0.39, 0.29) is 5.91 Å². The number of aldehydes is 1. The summed E-state index contributed by atoms with van der Waals surface area (Å²) < 4.78 is 0. The predicted molar refractivity (Wildman–Crippen MR) is 66.0 cm³/mol. The number of rotatable bonds is 4. The molecule has 0 radical (unpaired) electrons. The summed E-state index contributed by atoms with van der Waals surface area (Å²) in [5, 5.41) is 0. The molecule has 1 aliphatic heterocycles. The molecule has 1 aromatic rings. The van der Waals surface area contributed by atoms with Crippen molar-refractivity contribution in [1.82, 2.24) is 4.90 Å². The number of anilines is 1. The molecule has 0 fully saturated rings. The average molecular weight is 232 g/mol. The number of amides is 1. The summed E-state index contributed by atoms with van der Waals surface area (Å²) in [7, 11) is 3.70. The highest BCUT2D eigenvalue weighted by molar-refractivity contribution is 6.00. The SMILES string of the molecule is CN(CC=O)Cc1ccc2c(c1)CC(=O)N2C. The van der Waals surface area contributed by atoms with Crippen LogP contribution in [0.1, 0.15) is 11.1 Å². The molecule has 0 saturated heterocycles. The van der Waals surface area contributed by atoms with E-state index >= 15 is 0 Å². The van der Waals surface area contributed by atoms with Crippen molar-refractivity contribution < 1.29 is 9.59 Å². The van der Waals surface area contributed by atoms with Crippen LogP contribution in [0.4, 0.5) is 5.69 Å². The normalized spacial score (nSPS) is 14.3. The molecule has 0 atom stereocenters. The lowest BCUT2D eigenvalue weighted by Crippen LogP contribution is -2.20. The smallest absolute Gasteiger partial charge is 0.231 e. The van der Waals surface area contributed by atoms with E-state index in [1.807, 2.05) is 24.1 Å². The Kier molecular flexibility index (Phi) is 3.24. The number of benzene rings is 1. The molecular weight excluding hydrogens is 216 g/mol. The lowest BCUT2D eigenvalue weighted by atomic mass is 10.1. The van der Waals surface area contributed by atoms with E-state index in [0.717, 1.165) is 29.6 Å². The summed E-state index contributed by atoms with van der Waals surface area (Å²) in [5.41, 5.74) is 3.21. The zero-order valence-corrected chi connectivity index (χ0v) is 10.1. The first-order valence-electron chi connectivity index (χ1n) is 5.62. The second-order valence-corrected chi connectivity index (χ2v) is 4.46. The number of hydrogen-bond donors (Lipinski definition) is 0. The van der Waals surface area contributed by atoms with Crippen molar-refractivity contribution >= 4 is 17.9 Å². The first-order valence-corrected chi connectivity index (χ1v) is 5.62. The lowest BCUT2D eigenvalue weighted by molar-refractivity contribution is -0.117. The minimum atomic E-state index is 0.137. The number of nitrogens with zero attached hydrogens (tertiary/aromatic N) is 2. The Labute approximate surface area is 101 Å². The molecule has 90 valence electrons. The molecular formula is C13H16N2O2. The van der Waals surface area contributed by atoms with Gasteiger partial charge in [-0.15, -0.1) is 0 Å². The van der Waals surface area contributed by atoms with Crippen LogP contribution in [0.5, 0.6) is 0 Å². The predicted octanol–water partition coefficient (Wildman–Crippen LogP) is 0.836. The summed E-state index contributed by atoms with van der Waals surface area (Å²) in [6, 6.07) is 6.04. The van der Waals surface area contributed by atoms with Crippen molar-refractivity contribution in [2.24, 2.45) is 0 Å². The van der Waals surface area contributed by atoms with Crippen LogP contribution in [-0.4, -0.2) is 37.7 Å². The molecule has 1 aliphatic rings. The van der Waals surface area contributed by atoms with Gasteiger partial charge in [0.25, 0.3) is 0 Å². The first kappa shape index (κ1) is 11.8. The van der Waals surface area contributed by atoms with Gasteiger partial charge < -0.3 is 9.69 Å². The third-order valence-electron chi connectivity index (χ3n) is 3.06. The maximum atomic E-state index is 11.5. The highest BCUT2D eigenvalue weighted by Crippen LogP contribution is 2.28. The second kappa shape index (κ2) is 4.67. The molecule has 1 amide bonds. The fraction of sp³-hybridized carbons (Fsp3) is 0.385. The summed E-state index contributed by atoms with van der Waals surface area (Å²) >= 11 is 0. The van der Waals surface area contributed by atoms with Gasteiger partial charge in [0.15, 0.2) is 0 Å². The maximum Gasteiger partial charge on any atom is 0.231 e. The summed E-state index contributed by atoms with van der Waals surface area (Å²) in [6.07, 6.45) is 1.38. The van der Waals surface area contributed by atoms with Crippen LogP contribution in [0, 0.1) is 0 Å². The topological polar surface area (TPSA) is 40.6 Å². The molecule has 17 heavy (non-hydrogen) atoms. The average Bonchev–Trinajstić information content (AvgIpc) is 2.55. The molecule has 0 bridgehead atoms. The molecule has 0 aliphatic carbocycles. The first-order chi connectivity index (χ1) is 8.11. The van der Waals surface area contributed by atoms with Gasteiger partial charge in [-0.25, -0.2) is 0 Å². The minimum Gasteiger partial charge on any atom is -0.315 e. The van der Waals surface area contributed by atoms with Crippen molar-refractivity contribution in [1.29, 1.82) is 0 Å². The minimum absolute atomic E-state index is 0.137. The van der Waals surface area contributed by atoms with Crippen LogP contribution in [0.15, 0.2) is 18.2 Å². The molecule has 1 aromatic carbocycles. The van der Waals surface area contributed by atoms with E-state index in [9.17, 15) is 9.59 Å². The summed E-state index contributed by atoms with van der Waals surface area (Å²) in [6.45, 7) is 1.15. The highest BCUT2D eigenvalue weighted by Gasteiger charge is 2.23. The third kappa shape index (κ3) is 2.36. The van der Waals surface area contributed by atoms with Crippen molar-refractivity contribution in [3.63, 3.8) is 0 Å². The van der Waals surface area contributed by atoms with Gasteiger partial charge in [0.2, 0.25) is 5.91 Å². The molecule has 2 rings (SSSR count). The van der Waals surface area contributed by atoms with E-state index < -0.39 is 0 Å². The molecule has 0 N–H and O–H groups in total. The zero-order valence-electron chi connectivity index (χ0n) is 10.1. The van der Waals surface area contributed by atoms with E-state index in [4.69, 9.17) is 0 Å². The molecule has 0 unspecified atom stereocenters. The van der Waals surface area contributed by atoms with Crippen molar-refractivity contribution in [3.05, 3.63) is 29.3 Å². The van der Waals surface area contributed by atoms with Crippen molar-refractivity contribution in [2.75, 3.05) is 25.5 Å². The molecule has 1 heterocycles. The Bertz CT molecular complexity index is 457. The van der Waals surface area contributed by atoms with Gasteiger partial charge in [0.1, 0.15) is 6.29 Å². The van der Waals surface area contributed by atoms with Crippen LogP contribution in [0.3, 0.4) is 0 Å². The summed E-state index contributed by atoms with van der Waals surface area (Å²) in [5.74, 6) is 0.137. The fourth-order valence-electron chi connectivity index (χ4n) is 2.13. The number of carbonyl (C=O) groups excluding carboxylic acids is 2. The van der Waals surface area contributed by atoms with Gasteiger partial charge in [-0.3, -0.25) is 9.69 Å². The van der Waals surface area contributed by atoms with E-state index in [1.54, 1.807) is 11.9 Å². The standard InChI is InChI=1S/C13H16N2O2/c1-14(5-6-16)9-10-3-4-12-11(7-10)8-13(17)15(12)2/h3-4,6-7H,5,8-9H2,1-2H3. The molecule has 4 nitrogen and oxygen atoms in total. The largest absolute Gasteiger partial charge is 0.315 e. The van der Waals surface area contributed by atoms with Crippen LogP contribution >= 0.6 is 0 Å². The Morgan fingerprint density at radius 3 is 2.94 bits per heavy atom. The number of likely N-dealkylation sites (N-methyl/N-ethyl adjacent to an activating group) is 2. The van der Waals surface area contributed by atoms with Crippen LogP contribution in [0.2, 0.25) is 0 Å². The molecule has 4 heteroatoms. The van der Waals surface area contributed by atoms with Crippen LogP contribution < -0.4 is 4.90 Å². The van der Waals surface area contributed by atoms with E-state index in [1.165, 1.54) is 0 Å². The van der Waals surface area contributed by atoms with Gasteiger partial charge >= 0.3 is 0 Å². The number of hydrogen-bond acceptors (Lipinski definition) is 3. The lowest BCUT2D eigenvalue weighted by Gasteiger charge is -2.14. The van der Waals surface area contributed by atoms with Gasteiger partial charge in [0.05, 0.1) is 13.0 Å². The Balaban J connectivity index is 2.16. The Hall–Kier alpha value is -1.68. The molecule has 0 spiro atoms. The second-order valence-electron chi connectivity index (χ2n) is 4.46. The zero-order chi connectivity index (χ0) is 12.4. The van der Waals surface area contributed by atoms with Gasteiger partial charge in [0, 0.05) is 19.3 Å². The van der Waals surface area contributed by atoms with Gasteiger partial charge in [-0.1, -0.05) is 12.1 Å². The Morgan fingerprint density at radius 2 is 2.24 bits per heavy atom. The fourth-order valence-corrected chi connectivity index (χ4v) is 2.13. The van der Waals surface area contributed by atoms with Crippen LogP contribution in [-0.2, 0) is 22.6 Å². The Morgan fingerprint density at radius 1 is 1.47 bits per heavy atom. The van der Waals surface area contributed by atoms with Gasteiger partial charge in [-0.05, 0) is 24.2 Å². The molecule has 0 aromatic heterocycles. The van der Waals surface area contributed by atoms with Crippen LogP contribution in [0.25, 0.3) is 0 Å². The maximum absolute atomic E-state index is 11.5. The van der Waals surface area contributed by atoms with Gasteiger partial charge in [-0.2, -0.15) is 0 Å². The summed E-state index contributed by atoms with van der Waals surface area (Å²) in [4.78, 5) is 25.6. The third-order valence-corrected chi connectivity index (χ3v) is 3.06. The quantitative estimate of drug-likeness (QED) is 0.722. The number of carbonyl (C=O) groups is 2. The van der Waals surface area contributed by atoms with E-state index in [2.05, 4.69) is 6.07 Å². The van der Waals surface area contributed by atoms with Crippen molar-refractivity contribution in [3.8, 4) is 0 Å². The van der Waals surface area contributed by atoms with Crippen molar-refractivity contribution in [2.45, 2.75) is 13.0 Å². The number of fused-ring (bicyclic) bond motifs is 1. The van der Waals surface area contributed by atoms with E-state index in [0.29, 0.717) is 13.0 Å².